The van der Waals surface area contributed by atoms with E-state index < -0.39 is 16.1 Å². The van der Waals surface area contributed by atoms with E-state index in [4.69, 9.17) is 11.6 Å². The number of rotatable bonds is 8. The molecule has 0 spiro atoms. The SMILES string of the molecule is CCCNC(=O)c1ccc(NC(=O)NCCS(=O)(=O)NC)cc1Cl. The number of carbonyl (C=O) groups is 2. The van der Waals surface area contributed by atoms with Crippen LogP contribution in [-0.2, 0) is 10.0 Å². The highest BCUT2D eigenvalue weighted by Gasteiger charge is 2.12. The zero-order chi connectivity index (χ0) is 18.2. The standard InChI is InChI=1S/C14H21ClN4O4S/c1-3-6-17-13(20)11-5-4-10(9-12(11)15)19-14(21)18-7-8-24(22,23)16-2/h4-5,9,16H,3,6-8H2,1-2H3,(H,17,20)(H2,18,19,21). The Morgan fingerprint density at radius 3 is 2.46 bits per heavy atom. The number of sulfonamides is 1. The molecule has 0 aromatic heterocycles. The Hall–Kier alpha value is -1.84. The zero-order valence-electron chi connectivity index (χ0n) is 13.5. The summed E-state index contributed by atoms with van der Waals surface area (Å²) in [5, 5.41) is 7.85. The summed E-state index contributed by atoms with van der Waals surface area (Å²) in [5.41, 5.74) is 0.706. The van der Waals surface area contributed by atoms with Crippen LogP contribution in [-0.4, -0.2) is 46.2 Å². The van der Waals surface area contributed by atoms with Gasteiger partial charge in [0.15, 0.2) is 0 Å². The lowest BCUT2D eigenvalue weighted by Crippen LogP contribution is -2.35. The molecule has 0 radical (unpaired) electrons. The fourth-order valence-corrected chi connectivity index (χ4v) is 2.53. The van der Waals surface area contributed by atoms with Crippen molar-refractivity contribution in [1.29, 1.82) is 0 Å². The topological polar surface area (TPSA) is 116 Å². The molecule has 10 heteroatoms. The number of anilines is 1. The summed E-state index contributed by atoms with van der Waals surface area (Å²) in [6, 6.07) is 3.93. The van der Waals surface area contributed by atoms with E-state index in [1.54, 1.807) is 0 Å². The van der Waals surface area contributed by atoms with E-state index in [1.165, 1.54) is 25.2 Å². The van der Waals surface area contributed by atoms with Gasteiger partial charge >= 0.3 is 6.03 Å². The first-order chi connectivity index (χ1) is 11.3. The van der Waals surface area contributed by atoms with Crippen molar-refractivity contribution in [3.05, 3.63) is 28.8 Å². The van der Waals surface area contributed by atoms with Crippen LogP contribution in [0.3, 0.4) is 0 Å². The first-order valence-electron chi connectivity index (χ1n) is 7.33. The first kappa shape index (κ1) is 20.2. The van der Waals surface area contributed by atoms with Gasteiger partial charge in [-0.1, -0.05) is 18.5 Å². The largest absolute Gasteiger partial charge is 0.352 e. The summed E-state index contributed by atoms with van der Waals surface area (Å²) in [7, 11) is -2.07. The summed E-state index contributed by atoms with van der Waals surface area (Å²) < 4.78 is 24.6. The molecule has 0 heterocycles. The van der Waals surface area contributed by atoms with E-state index in [0.29, 0.717) is 17.8 Å². The number of hydrogen-bond acceptors (Lipinski definition) is 4. The number of benzene rings is 1. The van der Waals surface area contributed by atoms with Crippen molar-refractivity contribution in [1.82, 2.24) is 15.4 Å². The number of hydrogen-bond donors (Lipinski definition) is 4. The molecule has 24 heavy (non-hydrogen) atoms. The van der Waals surface area contributed by atoms with Crippen LogP contribution in [0.4, 0.5) is 10.5 Å². The molecule has 8 nitrogen and oxygen atoms in total. The van der Waals surface area contributed by atoms with Crippen molar-refractivity contribution in [2.75, 3.05) is 31.2 Å². The first-order valence-corrected chi connectivity index (χ1v) is 9.36. The third kappa shape index (κ3) is 6.73. The summed E-state index contributed by atoms with van der Waals surface area (Å²) >= 11 is 6.05. The van der Waals surface area contributed by atoms with Crippen LogP contribution < -0.4 is 20.7 Å². The van der Waals surface area contributed by atoms with Crippen molar-refractivity contribution >= 4 is 39.2 Å². The lowest BCUT2D eigenvalue weighted by atomic mass is 10.2. The second kappa shape index (κ2) is 9.45. The van der Waals surface area contributed by atoms with Gasteiger partial charge in [-0.05, 0) is 31.7 Å². The minimum atomic E-state index is -3.38. The van der Waals surface area contributed by atoms with Crippen LogP contribution in [0.5, 0.6) is 0 Å². The van der Waals surface area contributed by atoms with E-state index in [2.05, 4.69) is 20.7 Å². The average molecular weight is 377 g/mol. The second-order valence-corrected chi connectivity index (χ2v) is 7.31. The number of carbonyl (C=O) groups excluding carboxylic acids is 2. The van der Waals surface area contributed by atoms with Crippen LogP contribution in [0.2, 0.25) is 5.02 Å². The van der Waals surface area contributed by atoms with Gasteiger partial charge in [-0.3, -0.25) is 4.79 Å². The molecule has 0 aliphatic heterocycles. The van der Waals surface area contributed by atoms with E-state index in [1.807, 2.05) is 6.92 Å². The van der Waals surface area contributed by atoms with Gasteiger partial charge in [-0.25, -0.2) is 17.9 Å². The van der Waals surface area contributed by atoms with E-state index in [-0.39, 0.29) is 23.2 Å². The minimum absolute atomic E-state index is 0.0414. The highest BCUT2D eigenvalue weighted by atomic mass is 35.5. The molecule has 0 aliphatic rings. The van der Waals surface area contributed by atoms with Crippen molar-refractivity contribution in [2.24, 2.45) is 0 Å². The van der Waals surface area contributed by atoms with Crippen LogP contribution in [0.15, 0.2) is 18.2 Å². The fraction of sp³-hybridized carbons (Fsp3) is 0.429. The molecule has 4 N–H and O–H groups in total. The maximum Gasteiger partial charge on any atom is 0.319 e. The van der Waals surface area contributed by atoms with Crippen molar-refractivity contribution in [3.63, 3.8) is 0 Å². The maximum absolute atomic E-state index is 11.9. The highest BCUT2D eigenvalue weighted by Crippen LogP contribution is 2.21. The molecule has 134 valence electrons. The van der Waals surface area contributed by atoms with Gasteiger partial charge in [0, 0.05) is 18.8 Å². The molecule has 3 amide bonds. The predicted molar refractivity (Wildman–Crippen MR) is 93.9 cm³/mol. The van der Waals surface area contributed by atoms with Crippen LogP contribution in [0.1, 0.15) is 23.7 Å². The van der Waals surface area contributed by atoms with Crippen molar-refractivity contribution in [2.45, 2.75) is 13.3 Å². The van der Waals surface area contributed by atoms with E-state index >= 15 is 0 Å². The molecule has 0 aliphatic carbocycles. The van der Waals surface area contributed by atoms with Crippen molar-refractivity contribution in [3.8, 4) is 0 Å². The Morgan fingerprint density at radius 1 is 1.17 bits per heavy atom. The Labute approximate surface area is 146 Å². The molecule has 0 atom stereocenters. The normalized spacial score (nSPS) is 11.0. The lowest BCUT2D eigenvalue weighted by Gasteiger charge is -2.10. The van der Waals surface area contributed by atoms with Crippen LogP contribution >= 0.6 is 11.6 Å². The molecule has 0 saturated heterocycles. The van der Waals surface area contributed by atoms with Gasteiger partial charge in [0.05, 0.1) is 16.3 Å². The van der Waals surface area contributed by atoms with Gasteiger partial charge in [-0.2, -0.15) is 0 Å². The number of nitrogens with one attached hydrogen (secondary N) is 4. The molecule has 0 bridgehead atoms. The third-order valence-electron chi connectivity index (χ3n) is 2.97. The van der Waals surface area contributed by atoms with Gasteiger partial charge < -0.3 is 16.0 Å². The fourth-order valence-electron chi connectivity index (χ4n) is 1.69. The maximum atomic E-state index is 11.9. The van der Waals surface area contributed by atoms with Crippen molar-refractivity contribution < 1.29 is 18.0 Å². The molecule has 0 saturated carbocycles. The van der Waals surface area contributed by atoms with E-state index in [0.717, 1.165) is 6.42 Å². The molecule has 1 aromatic carbocycles. The monoisotopic (exact) mass is 376 g/mol. The summed E-state index contributed by atoms with van der Waals surface area (Å²) in [6.07, 6.45) is 0.812. The van der Waals surface area contributed by atoms with Gasteiger partial charge in [0.1, 0.15) is 0 Å². The van der Waals surface area contributed by atoms with Gasteiger partial charge in [0.25, 0.3) is 5.91 Å². The van der Waals surface area contributed by atoms with Gasteiger partial charge in [-0.15, -0.1) is 0 Å². The number of amides is 3. The Morgan fingerprint density at radius 2 is 1.88 bits per heavy atom. The molecule has 1 aromatic rings. The predicted octanol–water partition coefficient (Wildman–Crippen LogP) is 1.15. The smallest absolute Gasteiger partial charge is 0.319 e. The summed E-state index contributed by atoms with van der Waals surface area (Å²) in [4.78, 5) is 23.6. The lowest BCUT2D eigenvalue weighted by molar-refractivity contribution is 0.0954. The highest BCUT2D eigenvalue weighted by molar-refractivity contribution is 7.89. The molecular formula is C14H21ClN4O4S. The van der Waals surface area contributed by atoms with Crippen LogP contribution in [0.25, 0.3) is 0 Å². The summed E-state index contributed by atoms with van der Waals surface area (Å²) in [6.45, 7) is 2.45. The molecule has 0 fully saturated rings. The Bertz CT molecular complexity index is 694. The van der Waals surface area contributed by atoms with Gasteiger partial charge in [0.2, 0.25) is 10.0 Å². The molecule has 0 unspecified atom stereocenters. The number of halogens is 1. The Balaban J connectivity index is 2.58. The minimum Gasteiger partial charge on any atom is -0.352 e. The Kier molecular flexibility index (Phi) is 7.96. The molecule has 1 rings (SSSR count). The quantitative estimate of drug-likeness (QED) is 0.544. The zero-order valence-corrected chi connectivity index (χ0v) is 15.1. The van der Waals surface area contributed by atoms with Crippen LogP contribution in [0, 0.1) is 0 Å². The summed E-state index contributed by atoms with van der Waals surface area (Å²) in [5.74, 6) is -0.510. The number of urea groups is 1. The third-order valence-corrected chi connectivity index (χ3v) is 4.65. The average Bonchev–Trinajstić information content (AvgIpc) is 2.52. The molecular weight excluding hydrogens is 356 g/mol. The second-order valence-electron chi connectivity index (χ2n) is 4.85. The van der Waals surface area contributed by atoms with E-state index in [9.17, 15) is 18.0 Å².